The summed E-state index contributed by atoms with van der Waals surface area (Å²) < 4.78 is 27.2. The largest absolute Gasteiger partial charge is 0.330 e. The Morgan fingerprint density at radius 2 is 2.11 bits per heavy atom. The molecule has 0 saturated carbocycles. The predicted octanol–water partition coefficient (Wildman–Crippen LogP) is 0.478. The number of sulfonamides is 1. The zero-order valence-corrected chi connectivity index (χ0v) is 12.6. The summed E-state index contributed by atoms with van der Waals surface area (Å²) in [5.41, 5.74) is 5.45. The fraction of sp³-hybridized carbons (Fsp3) is 0.636. The Morgan fingerprint density at radius 1 is 1.44 bits per heavy atom. The molecule has 1 heterocycles. The molecule has 0 bridgehead atoms. The van der Waals surface area contributed by atoms with E-state index in [2.05, 4.69) is 4.72 Å². The number of rotatable bonds is 7. The average Bonchev–Trinajstić information content (AvgIpc) is 2.65. The lowest BCUT2D eigenvalue weighted by Crippen LogP contribution is -2.39. The van der Waals surface area contributed by atoms with Gasteiger partial charge in [-0.3, -0.25) is 0 Å². The summed E-state index contributed by atoms with van der Waals surface area (Å²) in [4.78, 5) is 2.94. The molecule has 1 rings (SSSR count). The number of nitrogens with zero attached hydrogens (tertiary/aromatic N) is 1. The van der Waals surface area contributed by atoms with Crippen LogP contribution in [0.4, 0.5) is 0 Å². The van der Waals surface area contributed by atoms with E-state index < -0.39 is 10.0 Å². The number of hydrogen-bond donors (Lipinski definition) is 2. The second-order valence-electron chi connectivity index (χ2n) is 4.54. The van der Waals surface area contributed by atoms with Crippen molar-refractivity contribution in [1.29, 1.82) is 0 Å². The fourth-order valence-electron chi connectivity index (χ4n) is 1.69. The number of nitrogens with one attached hydrogen (secondary N) is 1. The second kappa shape index (κ2) is 6.63. The van der Waals surface area contributed by atoms with Crippen LogP contribution in [0.1, 0.15) is 11.8 Å². The second-order valence-corrected chi connectivity index (χ2v) is 7.65. The Morgan fingerprint density at radius 3 is 2.67 bits per heavy atom. The van der Waals surface area contributed by atoms with Crippen LogP contribution in [0, 0.1) is 0 Å². The highest BCUT2D eigenvalue weighted by molar-refractivity contribution is 7.91. The molecule has 18 heavy (non-hydrogen) atoms. The van der Waals surface area contributed by atoms with Gasteiger partial charge in [0.15, 0.2) is 0 Å². The topological polar surface area (TPSA) is 75.4 Å². The van der Waals surface area contributed by atoms with Gasteiger partial charge in [-0.05, 0) is 46.1 Å². The summed E-state index contributed by atoms with van der Waals surface area (Å²) in [6.45, 7) is 3.05. The Kier molecular flexibility index (Phi) is 5.74. The molecule has 0 spiro atoms. The molecule has 0 amide bonds. The van der Waals surface area contributed by atoms with Crippen molar-refractivity contribution in [3.05, 3.63) is 17.0 Å². The van der Waals surface area contributed by atoms with E-state index in [1.807, 2.05) is 32.0 Å². The van der Waals surface area contributed by atoms with Crippen molar-refractivity contribution in [3.63, 3.8) is 0 Å². The van der Waals surface area contributed by atoms with E-state index in [0.29, 0.717) is 23.7 Å². The lowest BCUT2D eigenvalue weighted by Gasteiger charge is -2.17. The first-order chi connectivity index (χ1) is 8.35. The maximum Gasteiger partial charge on any atom is 0.250 e. The maximum atomic E-state index is 12.1. The zero-order chi connectivity index (χ0) is 13.8. The van der Waals surface area contributed by atoms with Crippen molar-refractivity contribution < 1.29 is 8.42 Å². The minimum Gasteiger partial charge on any atom is -0.330 e. The van der Waals surface area contributed by atoms with E-state index >= 15 is 0 Å². The van der Waals surface area contributed by atoms with Crippen molar-refractivity contribution in [1.82, 2.24) is 9.62 Å². The minimum atomic E-state index is -3.40. The normalized spacial score (nSPS) is 14.1. The molecule has 104 valence electrons. The Balaban J connectivity index is 2.73. The third-order valence-electron chi connectivity index (χ3n) is 2.29. The highest BCUT2D eigenvalue weighted by atomic mass is 32.2. The van der Waals surface area contributed by atoms with Gasteiger partial charge >= 0.3 is 0 Å². The monoisotopic (exact) mass is 291 g/mol. The third-order valence-corrected chi connectivity index (χ3v) is 5.51. The van der Waals surface area contributed by atoms with Gasteiger partial charge in [-0.2, -0.15) is 0 Å². The van der Waals surface area contributed by atoms with E-state index in [1.54, 1.807) is 6.07 Å². The standard InChI is InChI=1S/C11H21N3O2S2/c1-9(8-14(2)3)13-18(15,16)11-5-4-10(17-11)6-7-12/h4-5,9,13H,6-8,12H2,1-3H3. The van der Waals surface area contributed by atoms with Gasteiger partial charge < -0.3 is 10.6 Å². The van der Waals surface area contributed by atoms with Gasteiger partial charge in [0.1, 0.15) is 4.21 Å². The number of likely N-dealkylation sites (N-methyl/N-ethyl adjacent to an activating group) is 1. The first-order valence-electron chi connectivity index (χ1n) is 5.81. The van der Waals surface area contributed by atoms with Crippen LogP contribution in [-0.4, -0.2) is 46.5 Å². The fourth-order valence-corrected chi connectivity index (χ4v) is 4.31. The molecular weight excluding hydrogens is 270 g/mol. The molecule has 0 aromatic carbocycles. The molecule has 3 N–H and O–H groups in total. The predicted molar refractivity (Wildman–Crippen MR) is 75.4 cm³/mol. The maximum absolute atomic E-state index is 12.1. The molecule has 5 nitrogen and oxygen atoms in total. The Hall–Kier alpha value is -0.470. The van der Waals surface area contributed by atoms with E-state index in [0.717, 1.165) is 4.88 Å². The van der Waals surface area contributed by atoms with Crippen LogP contribution < -0.4 is 10.5 Å². The van der Waals surface area contributed by atoms with Crippen molar-refractivity contribution in [3.8, 4) is 0 Å². The number of nitrogens with two attached hydrogens (primary N) is 1. The van der Waals surface area contributed by atoms with Crippen LogP contribution in [0.2, 0.25) is 0 Å². The Labute approximate surface area is 113 Å². The molecule has 0 aliphatic carbocycles. The van der Waals surface area contributed by atoms with Gasteiger partial charge in [0, 0.05) is 17.5 Å². The van der Waals surface area contributed by atoms with Gasteiger partial charge in [-0.15, -0.1) is 11.3 Å². The zero-order valence-electron chi connectivity index (χ0n) is 11.0. The molecule has 1 atom stereocenters. The first kappa shape index (κ1) is 15.6. The van der Waals surface area contributed by atoms with Crippen LogP contribution in [0.5, 0.6) is 0 Å². The van der Waals surface area contributed by atoms with Gasteiger partial charge in [0.2, 0.25) is 10.0 Å². The first-order valence-corrected chi connectivity index (χ1v) is 8.11. The molecule has 0 fully saturated rings. The molecule has 0 saturated heterocycles. The minimum absolute atomic E-state index is 0.120. The van der Waals surface area contributed by atoms with Crippen molar-refractivity contribution in [2.24, 2.45) is 5.73 Å². The van der Waals surface area contributed by atoms with E-state index in [-0.39, 0.29) is 6.04 Å². The lowest BCUT2D eigenvalue weighted by molar-refractivity contribution is 0.370. The quantitative estimate of drug-likeness (QED) is 0.766. The molecule has 0 aliphatic rings. The lowest BCUT2D eigenvalue weighted by atomic mass is 10.3. The van der Waals surface area contributed by atoms with Crippen molar-refractivity contribution in [2.75, 3.05) is 27.2 Å². The summed E-state index contributed by atoms with van der Waals surface area (Å²) in [6.07, 6.45) is 0.716. The van der Waals surface area contributed by atoms with Crippen LogP contribution in [0.25, 0.3) is 0 Å². The van der Waals surface area contributed by atoms with E-state index in [4.69, 9.17) is 5.73 Å². The SMILES string of the molecule is CC(CN(C)C)NS(=O)(=O)c1ccc(CCN)s1. The highest BCUT2D eigenvalue weighted by Crippen LogP contribution is 2.21. The summed E-state index contributed by atoms with van der Waals surface area (Å²) in [6, 6.07) is 3.34. The molecule has 0 aliphatic heterocycles. The van der Waals surface area contributed by atoms with E-state index in [1.165, 1.54) is 11.3 Å². The molecule has 1 aromatic rings. The summed E-state index contributed by atoms with van der Waals surface area (Å²) in [5.74, 6) is 0. The van der Waals surface area contributed by atoms with Gasteiger partial charge in [0.05, 0.1) is 0 Å². The summed E-state index contributed by atoms with van der Waals surface area (Å²) >= 11 is 1.28. The van der Waals surface area contributed by atoms with Crippen LogP contribution >= 0.6 is 11.3 Å². The van der Waals surface area contributed by atoms with Crippen LogP contribution in [0.3, 0.4) is 0 Å². The summed E-state index contributed by atoms with van der Waals surface area (Å²) in [5, 5.41) is 0. The molecule has 0 radical (unpaired) electrons. The molecule has 7 heteroatoms. The average molecular weight is 291 g/mol. The Bertz CT molecular complexity index is 468. The third kappa shape index (κ3) is 4.66. The van der Waals surface area contributed by atoms with E-state index in [9.17, 15) is 8.42 Å². The van der Waals surface area contributed by atoms with Gasteiger partial charge in [-0.1, -0.05) is 0 Å². The molecular formula is C11H21N3O2S2. The molecule has 1 aromatic heterocycles. The van der Waals surface area contributed by atoms with Gasteiger partial charge in [0.25, 0.3) is 0 Å². The highest BCUT2D eigenvalue weighted by Gasteiger charge is 2.19. The summed E-state index contributed by atoms with van der Waals surface area (Å²) in [7, 11) is 0.422. The van der Waals surface area contributed by atoms with Crippen LogP contribution in [-0.2, 0) is 16.4 Å². The molecule has 1 unspecified atom stereocenters. The smallest absolute Gasteiger partial charge is 0.250 e. The number of thiophene rings is 1. The van der Waals surface area contributed by atoms with Crippen molar-refractivity contribution >= 4 is 21.4 Å². The van der Waals surface area contributed by atoms with Crippen LogP contribution in [0.15, 0.2) is 16.3 Å². The van der Waals surface area contributed by atoms with Crippen molar-refractivity contribution in [2.45, 2.75) is 23.6 Å². The van der Waals surface area contributed by atoms with Gasteiger partial charge in [-0.25, -0.2) is 13.1 Å². The number of hydrogen-bond acceptors (Lipinski definition) is 5.